The Hall–Kier alpha value is -2.21. The zero-order chi connectivity index (χ0) is 15.6. The van der Waals surface area contributed by atoms with Crippen molar-refractivity contribution in [3.63, 3.8) is 0 Å². The Morgan fingerprint density at radius 1 is 1.32 bits per heavy atom. The molecule has 0 aliphatic carbocycles. The van der Waals surface area contributed by atoms with Gasteiger partial charge >= 0.3 is 0 Å². The van der Waals surface area contributed by atoms with E-state index in [2.05, 4.69) is 15.5 Å². The fourth-order valence-electron chi connectivity index (χ4n) is 2.39. The molecular formula is C16H19N3O3. The van der Waals surface area contributed by atoms with E-state index >= 15 is 0 Å². The van der Waals surface area contributed by atoms with Crippen molar-refractivity contribution in [3.8, 4) is 0 Å². The van der Waals surface area contributed by atoms with Gasteiger partial charge in [-0.25, -0.2) is 0 Å². The molecule has 1 N–H and O–H groups in total. The van der Waals surface area contributed by atoms with Crippen LogP contribution in [0.2, 0.25) is 0 Å². The van der Waals surface area contributed by atoms with Crippen LogP contribution in [0.3, 0.4) is 0 Å². The van der Waals surface area contributed by atoms with Crippen LogP contribution in [0.4, 0.5) is 0 Å². The minimum Gasteiger partial charge on any atom is -0.381 e. The fraction of sp³-hybridized carbons (Fsp3) is 0.438. The van der Waals surface area contributed by atoms with Crippen molar-refractivity contribution in [2.45, 2.75) is 31.7 Å². The van der Waals surface area contributed by atoms with E-state index in [1.165, 1.54) is 0 Å². The van der Waals surface area contributed by atoms with Gasteiger partial charge in [-0.1, -0.05) is 23.4 Å². The van der Waals surface area contributed by atoms with Crippen LogP contribution in [0.5, 0.6) is 0 Å². The summed E-state index contributed by atoms with van der Waals surface area (Å²) in [4.78, 5) is 16.7. The number of aromatic nitrogens is 2. The summed E-state index contributed by atoms with van der Waals surface area (Å²) in [5, 5.41) is 6.95. The molecular weight excluding hydrogens is 282 g/mol. The first-order valence-electron chi connectivity index (χ1n) is 7.35. The molecule has 0 radical (unpaired) electrons. The first-order valence-corrected chi connectivity index (χ1v) is 7.35. The summed E-state index contributed by atoms with van der Waals surface area (Å²) in [6.45, 7) is 5.03. The number of nitrogens with zero attached hydrogens (tertiary/aromatic N) is 2. The lowest BCUT2D eigenvalue weighted by Gasteiger charge is -2.21. The van der Waals surface area contributed by atoms with Gasteiger partial charge in [-0.15, -0.1) is 0 Å². The van der Waals surface area contributed by atoms with E-state index in [4.69, 9.17) is 9.26 Å². The predicted octanol–water partition coefficient (Wildman–Crippen LogP) is 2.24. The number of ether oxygens (including phenoxy) is 1. The zero-order valence-corrected chi connectivity index (χ0v) is 12.7. The van der Waals surface area contributed by atoms with Crippen LogP contribution in [0.15, 0.2) is 34.9 Å². The molecule has 116 valence electrons. The van der Waals surface area contributed by atoms with E-state index < -0.39 is 5.54 Å². The highest BCUT2D eigenvalue weighted by molar-refractivity contribution is 5.94. The standard InChI is InChI=1S/C16H19N3O3/c1-16(2,18-14(20)11-6-4-3-5-7-11)15-17-13(19-22-15)12-8-9-21-10-12/h3-7,12H,8-10H2,1-2H3,(H,18,20)/t12-/m0/s1. The summed E-state index contributed by atoms with van der Waals surface area (Å²) < 4.78 is 10.7. The first-order chi connectivity index (χ1) is 10.6. The summed E-state index contributed by atoms with van der Waals surface area (Å²) in [7, 11) is 0. The second-order valence-corrected chi connectivity index (χ2v) is 5.96. The van der Waals surface area contributed by atoms with Crippen LogP contribution in [0.1, 0.15) is 48.3 Å². The summed E-state index contributed by atoms with van der Waals surface area (Å²) in [6, 6.07) is 9.05. The van der Waals surface area contributed by atoms with E-state index in [0.29, 0.717) is 23.9 Å². The van der Waals surface area contributed by atoms with Crippen LogP contribution in [0, 0.1) is 0 Å². The van der Waals surface area contributed by atoms with Gasteiger partial charge in [0.1, 0.15) is 5.54 Å². The molecule has 1 atom stereocenters. The molecule has 2 heterocycles. The SMILES string of the molecule is CC(C)(NC(=O)c1ccccc1)c1nc([C@H]2CCOC2)no1. The molecule has 1 aromatic carbocycles. The highest BCUT2D eigenvalue weighted by Gasteiger charge is 2.32. The van der Waals surface area contributed by atoms with E-state index in [1.54, 1.807) is 12.1 Å². The third kappa shape index (κ3) is 3.01. The van der Waals surface area contributed by atoms with Gasteiger partial charge in [0.25, 0.3) is 11.8 Å². The van der Waals surface area contributed by atoms with Gasteiger partial charge in [-0.05, 0) is 32.4 Å². The number of benzene rings is 1. The van der Waals surface area contributed by atoms with Gasteiger partial charge in [0.05, 0.1) is 6.61 Å². The van der Waals surface area contributed by atoms with Gasteiger partial charge in [0.2, 0.25) is 0 Å². The number of hydrogen-bond acceptors (Lipinski definition) is 5. The predicted molar refractivity (Wildman–Crippen MR) is 79.4 cm³/mol. The van der Waals surface area contributed by atoms with Crippen molar-refractivity contribution >= 4 is 5.91 Å². The average molecular weight is 301 g/mol. The third-order valence-corrected chi connectivity index (χ3v) is 3.73. The van der Waals surface area contributed by atoms with Crippen molar-refractivity contribution in [2.24, 2.45) is 0 Å². The van der Waals surface area contributed by atoms with Crippen LogP contribution in [0.25, 0.3) is 0 Å². The molecule has 0 saturated carbocycles. The Morgan fingerprint density at radius 3 is 2.77 bits per heavy atom. The number of hydrogen-bond donors (Lipinski definition) is 1. The van der Waals surface area contributed by atoms with Crippen molar-refractivity contribution in [1.82, 2.24) is 15.5 Å². The van der Waals surface area contributed by atoms with Gasteiger partial charge in [0.15, 0.2) is 5.82 Å². The highest BCUT2D eigenvalue weighted by atomic mass is 16.5. The molecule has 3 rings (SSSR count). The molecule has 6 heteroatoms. The molecule has 2 aromatic rings. The van der Waals surface area contributed by atoms with Crippen LogP contribution in [-0.2, 0) is 10.3 Å². The molecule has 6 nitrogen and oxygen atoms in total. The summed E-state index contributed by atoms with van der Waals surface area (Å²) in [5.41, 5.74) is -0.142. The maximum atomic E-state index is 12.3. The van der Waals surface area contributed by atoms with Crippen LogP contribution in [-0.4, -0.2) is 29.3 Å². The molecule has 1 aromatic heterocycles. The van der Waals surface area contributed by atoms with E-state index in [1.807, 2.05) is 32.0 Å². The Bertz CT molecular complexity index is 646. The lowest BCUT2D eigenvalue weighted by Crippen LogP contribution is -2.41. The Morgan fingerprint density at radius 2 is 2.09 bits per heavy atom. The molecule has 1 aliphatic rings. The number of rotatable bonds is 4. The lowest BCUT2D eigenvalue weighted by molar-refractivity contribution is 0.0895. The summed E-state index contributed by atoms with van der Waals surface area (Å²) in [5.74, 6) is 1.06. The van der Waals surface area contributed by atoms with Gasteiger partial charge in [-0.2, -0.15) is 4.98 Å². The molecule has 22 heavy (non-hydrogen) atoms. The Kier molecular flexibility index (Phi) is 3.94. The minimum atomic E-state index is -0.738. The molecule has 1 saturated heterocycles. The molecule has 1 fully saturated rings. The number of carbonyl (C=O) groups excluding carboxylic acids is 1. The smallest absolute Gasteiger partial charge is 0.252 e. The summed E-state index contributed by atoms with van der Waals surface area (Å²) >= 11 is 0. The largest absolute Gasteiger partial charge is 0.381 e. The molecule has 0 spiro atoms. The Balaban J connectivity index is 1.73. The van der Waals surface area contributed by atoms with Crippen molar-refractivity contribution in [3.05, 3.63) is 47.6 Å². The van der Waals surface area contributed by atoms with Crippen LogP contribution < -0.4 is 5.32 Å². The van der Waals surface area contributed by atoms with Crippen molar-refractivity contribution in [1.29, 1.82) is 0 Å². The topological polar surface area (TPSA) is 77.2 Å². The number of nitrogens with one attached hydrogen (secondary N) is 1. The average Bonchev–Trinajstić information content (AvgIpc) is 3.19. The zero-order valence-electron chi connectivity index (χ0n) is 12.7. The monoisotopic (exact) mass is 301 g/mol. The van der Waals surface area contributed by atoms with Crippen LogP contribution >= 0.6 is 0 Å². The first kappa shape index (κ1) is 14.7. The fourth-order valence-corrected chi connectivity index (χ4v) is 2.39. The van der Waals surface area contributed by atoms with E-state index in [9.17, 15) is 4.79 Å². The third-order valence-electron chi connectivity index (χ3n) is 3.73. The van der Waals surface area contributed by atoms with Gasteiger partial charge in [-0.3, -0.25) is 4.79 Å². The maximum absolute atomic E-state index is 12.3. The Labute approximate surface area is 128 Å². The second-order valence-electron chi connectivity index (χ2n) is 5.96. The molecule has 0 bridgehead atoms. The minimum absolute atomic E-state index is 0.172. The van der Waals surface area contributed by atoms with E-state index in [0.717, 1.165) is 13.0 Å². The quantitative estimate of drug-likeness (QED) is 0.937. The molecule has 1 aliphatic heterocycles. The van der Waals surface area contributed by atoms with Gasteiger partial charge < -0.3 is 14.6 Å². The second kappa shape index (κ2) is 5.88. The normalized spacial score (nSPS) is 18.4. The van der Waals surface area contributed by atoms with Gasteiger partial charge in [0, 0.05) is 18.1 Å². The summed E-state index contributed by atoms with van der Waals surface area (Å²) in [6.07, 6.45) is 0.899. The van der Waals surface area contributed by atoms with Crippen molar-refractivity contribution < 1.29 is 14.1 Å². The highest BCUT2D eigenvalue weighted by Crippen LogP contribution is 2.25. The molecule has 1 amide bonds. The number of amides is 1. The number of carbonyl (C=O) groups is 1. The van der Waals surface area contributed by atoms with Crippen molar-refractivity contribution in [2.75, 3.05) is 13.2 Å². The van der Waals surface area contributed by atoms with E-state index in [-0.39, 0.29) is 11.8 Å². The molecule has 0 unspecified atom stereocenters. The maximum Gasteiger partial charge on any atom is 0.252 e. The lowest BCUT2D eigenvalue weighted by atomic mass is 10.0.